The second-order valence-electron chi connectivity index (χ2n) is 5.40. The largest absolute Gasteiger partial charge is 0.497 e. The molecule has 3 aromatic rings. The van der Waals surface area contributed by atoms with E-state index in [1.54, 1.807) is 61.7 Å². The summed E-state index contributed by atoms with van der Waals surface area (Å²) in [6.07, 6.45) is 1.32. The average Bonchev–Trinajstić information content (AvgIpc) is 3.16. The van der Waals surface area contributed by atoms with Crippen LogP contribution in [0.3, 0.4) is 0 Å². The molecule has 2 aromatic carbocycles. The number of hydrogen-bond donors (Lipinski definition) is 1. The van der Waals surface area contributed by atoms with E-state index in [-0.39, 0.29) is 11.6 Å². The molecule has 8 nitrogen and oxygen atoms in total. The van der Waals surface area contributed by atoms with Crippen molar-refractivity contribution < 1.29 is 18.9 Å². The van der Waals surface area contributed by atoms with Gasteiger partial charge in [0.25, 0.3) is 11.6 Å². The van der Waals surface area contributed by atoms with E-state index in [0.717, 1.165) is 0 Å². The smallest absolute Gasteiger partial charge is 0.280 e. The molecule has 3 rings (SSSR count). The molecule has 0 atom stereocenters. The SMILES string of the molecule is COc1ccc(C(=O)N/N=C\c2ccc(-c3ccccc3[N+](=O)[O-])o2)cc1. The Bertz CT molecular complexity index is 993. The van der Waals surface area contributed by atoms with Crippen molar-refractivity contribution in [1.82, 2.24) is 5.43 Å². The highest BCUT2D eigenvalue weighted by Gasteiger charge is 2.16. The van der Waals surface area contributed by atoms with Crippen molar-refractivity contribution in [2.75, 3.05) is 7.11 Å². The van der Waals surface area contributed by atoms with E-state index < -0.39 is 4.92 Å². The highest BCUT2D eigenvalue weighted by atomic mass is 16.6. The minimum atomic E-state index is -0.472. The van der Waals surface area contributed by atoms with Gasteiger partial charge in [-0.3, -0.25) is 14.9 Å². The lowest BCUT2D eigenvalue weighted by molar-refractivity contribution is -0.384. The van der Waals surface area contributed by atoms with E-state index in [2.05, 4.69) is 10.5 Å². The van der Waals surface area contributed by atoms with Crippen LogP contribution in [-0.4, -0.2) is 24.2 Å². The lowest BCUT2D eigenvalue weighted by Crippen LogP contribution is -2.17. The Hall–Kier alpha value is -3.94. The molecule has 0 fully saturated rings. The van der Waals surface area contributed by atoms with Crippen LogP contribution in [-0.2, 0) is 0 Å². The number of furan rings is 1. The quantitative estimate of drug-likeness (QED) is 0.408. The van der Waals surface area contributed by atoms with E-state index in [1.165, 1.54) is 12.3 Å². The highest BCUT2D eigenvalue weighted by Crippen LogP contribution is 2.30. The van der Waals surface area contributed by atoms with Crippen LogP contribution in [0.1, 0.15) is 16.1 Å². The molecule has 0 saturated heterocycles. The summed E-state index contributed by atoms with van der Waals surface area (Å²) in [4.78, 5) is 22.6. The van der Waals surface area contributed by atoms with Crippen LogP contribution < -0.4 is 10.2 Å². The van der Waals surface area contributed by atoms with Crippen LogP contribution in [0.5, 0.6) is 5.75 Å². The van der Waals surface area contributed by atoms with Gasteiger partial charge >= 0.3 is 0 Å². The predicted octanol–water partition coefficient (Wildman–Crippen LogP) is 3.63. The molecular formula is C19H15N3O5. The molecule has 0 aliphatic carbocycles. The van der Waals surface area contributed by atoms with E-state index in [4.69, 9.17) is 9.15 Å². The molecule has 0 aliphatic heterocycles. The topological polar surface area (TPSA) is 107 Å². The molecule has 0 bridgehead atoms. The lowest BCUT2D eigenvalue weighted by atomic mass is 10.1. The van der Waals surface area contributed by atoms with Crippen LogP contribution in [0, 0.1) is 10.1 Å². The van der Waals surface area contributed by atoms with Crippen molar-refractivity contribution in [2.24, 2.45) is 5.10 Å². The zero-order valence-corrected chi connectivity index (χ0v) is 14.3. The van der Waals surface area contributed by atoms with Gasteiger partial charge in [0.05, 0.1) is 23.8 Å². The normalized spacial score (nSPS) is 10.7. The molecule has 1 amide bonds. The van der Waals surface area contributed by atoms with Crippen molar-refractivity contribution in [1.29, 1.82) is 0 Å². The minimum Gasteiger partial charge on any atom is -0.497 e. The van der Waals surface area contributed by atoms with Gasteiger partial charge in [-0.2, -0.15) is 5.10 Å². The summed E-state index contributed by atoms with van der Waals surface area (Å²) in [5.74, 6) is 0.941. The van der Waals surface area contributed by atoms with E-state index in [9.17, 15) is 14.9 Å². The zero-order chi connectivity index (χ0) is 19.2. The Labute approximate surface area is 154 Å². The van der Waals surface area contributed by atoms with Gasteiger partial charge in [0, 0.05) is 11.6 Å². The monoisotopic (exact) mass is 365 g/mol. The fourth-order valence-corrected chi connectivity index (χ4v) is 2.37. The molecule has 0 radical (unpaired) electrons. The fraction of sp³-hybridized carbons (Fsp3) is 0.0526. The first kappa shape index (κ1) is 17.9. The van der Waals surface area contributed by atoms with E-state index in [1.807, 2.05) is 0 Å². The fourth-order valence-electron chi connectivity index (χ4n) is 2.37. The summed E-state index contributed by atoms with van der Waals surface area (Å²) in [5, 5.41) is 14.9. The number of benzene rings is 2. The number of rotatable bonds is 6. The summed E-state index contributed by atoms with van der Waals surface area (Å²) in [7, 11) is 1.54. The Morgan fingerprint density at radius 3 is 2.59 bits per heavy atom. The molecule has 0 saturated carbocycles. The zero-order valence-electron chi connectivity index (χ0n) is 14.3. The Morgan fingerprint density at radius 2 is 1.89 bits per heavy atom. The van der Waals surface area contributed by atoms with Gasteiger partial charge in [-0.15, -0.1) is 0 Å². The van der Waals surface area contributed by atoms with E-state index in [0.29, 0.717) is 28.4 Å². The first-order valence-corrected chi connectivity index (χ1v) is 7.89. The van der Waals surface area contributed by atoms with Crippen molar-refractivity contribution in [3.8, 4) is 17.1 Å². The standard InChI is InChI=1S/C19H15N3O5/c1-26-14-8-6-13(7-9-14)19(23)21-20-12-15-10-11-18(27-15)16-4-2-3-5-17(16)22(24)25/h2-12H,1H3,(H,21,23)/b20-12-. The Kier molecular flexibility index (Phi) is 5.27. The van der Waals surface area contributed by atoms with Crippen LogP contribution in [0.2, 0.25) is 0 Å². The second-order valence-corrected chi connectivity index (χ2v) is 5.40. The number of hydrazone groups is 1. The van der Waals surface area contributed by atoms with Gasteiger partial charge in [-0.1, -0.05) is 12.1 Å². The first-order valence-electron chi connectivity index (χ1n) is 7.89. The number of methoxy groups -OCH3 is 1. The maximum Gasteiger partial charge on any atom is 0.280 e. The minimum absolute atomic E-state index is 0.0526. The second kappa shape index (κ2) is 7.96. The summed E-state index contributed by atoms with van der Waals surface area (Å²) in [5.41, 5.74) is 3.12. The summed E-state index contributed by atoms with van der Waals surface area (Å²) in [6, 6.07) is 16.1. The van der Waals surface area contributed by atoms with Gasteiger partial charge in [0.1, 0.15) is 17.3 Å². The van der Waals surface area contributed by atoms with Gasteiger partial charge in [0.2, 0.25) is 0 Å². The maximum absolute atomic E-state index is 12.0. The number of amides is 1. The average molecular weight is 365 g/mol. The van der Waals surface area contributed by atoms with Gasteiger partial charge < -0.3 is 9.15 Å². The van der Waals surface area contributed by atoms with Crippen molar-refractivity contribution >= 4 is 17.8 Å². The molecular weight excluding hydrogens is 350 g/mol. The van der Waals surface area contributed by atoms with Crippen LogP contribution in [0.15, 0.2) is 70.2 Å². The summed E-state index contributed by atoms with van der Waals surface area (Å²) < 4.78 is 10.6. The summed E-state index contributed by atoms with van der Waals surface area (Å²) >= 11 is 0. The molecule has 136 valence electrons. The van der Waals surface area contributed by atoms with Crippen LogP contribution in [0.25, 0.3) is 11.3 Å². The maximum atomic E-state index is 12.0. The van der Waals surface area contributed by atoms with Gasteiger partial charge in [0.15, 0.2) is 0 Å². The molecule has 27 heavy (non-hydrogen) atoms. The number of nitro groups is 1. The van der Waals surface area contributed by atoms with Crippen molar-refractivity contribution in [3.05, 3.63) is 82.1 Å². The third-order valence-electron chi connectivity index (χ3n) is 3.70. The number of nitrogens with zero attached hydrogens (tertiary/aromatic N) is 2. The van der Waals surface area contributed by atoms with E-state index >= 15 is 0 Å². The Morgan fingerprint density at radius 1 is 1.15 bits per heavy atom. The third kappa shape index (κ3) is 4.18. The third-order valence-corrected chi connectivity index (χ3v) is 3.70. The van der Waals surface area contributed by atoms with Crippen LogP contribution >= 0.6 is 0 Å². The number of para-hydroxylation sites is 1. The molecule has 1 aromatic heterocycles. The molecule has 0 unspecified atom stereocenters. The van der Waals surface area contributed by atoms with Crippen molar-refractivity contribution in [2.45, 2.75) is 0 Å². The number of nitrogens with one attached hydrogen (secondary N) is 1. The predicted molar refractivity (Wildman–Crippen MR) is 98.9 cm³/mol. The molecule has 0 aliphatic rings. The number of carbonyl (C=O) groups excluding carboxylic acids is 1. The molecule has 1 N–H and O–H groups in total. The molecule has 8 heteroatoms. The summed E-state index contributed by atoms with van der Waals surface area (Å²) in [6.45, 7) is 0. The van der Waals surface area contributed by atoms with Crippen LogP contribution in [0.4, 0.5) is 5.69 Å². The Balaban J connectivity index is 1.69. The van der Waals surface area contributed by atoms with Gasteiger partial charge in [-0.05, 0) is 42.5 Å². The lowest BCUT2D eigenvalue weighted by Gasteiger charge is -2.01. The highest BCUT2D eigenvalue weighted by molar-refractivity contribution is 5.94. The number of carbonyl (C=O) groups is 1. The molecule has 1 heterocycles. The van der Waals surface area contributed by atoms with Crippen molar-refractivity contribution in [3.63, 3.8) is 0 Å². The number of nitro benzene ring substituents is 1. The van der Waals surface area contributed by atoms with Gasteiger partial charge in [-0.25, -0.2) is 5.43 Å². The number of hydrogen-bond acceptors (Lipinski definition) is 6. The molecule has 0 spiro atoms. The first-order chi connectivity index (χ1) is 13.1. The number of ether oxygens (including phenoxy) is 1.